The number of halogens is 4. The monoisotopic (exact) mass is 281 g/mol. The molecule has 0 aliphatic rings. The summed E-state index contributed by atoms with van der Waals surface area (Å²) in [6.07, 6.45) is -3.44. The lowest BCUT2D eigenvalue weighted by molar-refractivity contribution is -0.137. The molecule has 0 radical (unpaired) electrons. The normalized spacial score (nSPS) is 12.9. The smallest absolute Gasteiger partial charge is 0.260 e. The molecule has 84 valence electrons. The Kier molecular flexibility index (Phi) is 3.43. The lowest BCUT2D eigenvalue weighted by atomic mass is 9.91. The number of aromatic nitrogens is 1. The molecule has 0 saturated heterocycles. The largest absolute Gasteiger partial charge is 0.417 e. The summed E-state index contributed by atoms with van der Waals surface area (Å²) in [6.45, 7) is 3.83. The van der Waals surface area contributed by atoms with Crippen LogP contribution in [0.4, 0.5) is 13.2 Å². The van der Waals surface area contributed by atoms with Crippen LogP contribution >= 0.6 is 15.9 Å². The number of pyridine rings is 1. The number of alkyl halides is 4. The predicted octanol–water partition coefficient (Wildman–Crippen LogP) is 3.77. The van der Waals surface area contributed by atoms with Gasteiger partial charge in [-0.1, -0.05) is 29.8 Å². The first kappa shape index (κ1) is 12.5. The van der Waals surface area contributed by atoms with Gasteiger partial charge in [0.2, 0.25) is 0 Å². The topological polar surface area (TPSA) is 12.9 Å². The van der Waals surface area contributed by atoms with Crippen molar-refractivity contribution >= 4 is 15.9 Å². The summed E-state index contributed by atoms with van der Waals surface area (Å²) in [7, 11) is 0. The summed E-state index contributed by atoms with van der Waals surface area (Å²) < 4.78 is 36.7. The first-order valence-corrected chi connectivity index (χ1v) is 5.49. The molecule has 5 heteroatoms. The highest BCUT2D eigenvalue weighted by atomic mass is 79.9. The fourth-order valence-electron chi connectivity index (χ4n) is 1.03. The summed E-state index contributed by atoms with van der Waals surface area (Å²) >= 11 is 3.30. The fourth-order valence-corrected chi connectivity index (χ4v) is 1.32. The van der Waals surface area contributed by atoms with Gasteiger partial charge in [-0.05, 0) is 12.1 Å². The lowest BCUT2D eigenvalue weighted by Crippen LogP contribution is -2.21. The Morgan fingerprint density at radius 1 is 1.27 bits per heavy atom. The molecule has 15 heavy (non-hydrogen) atoms. The second-order valence-electron chi connectivity index (χ2n) is 3.95. The van der Waals surface area contributed by atoms with Gasteiger partial charge in [-0.25, -0.2) is 0 Å². The molecule has 0 spiro atoms. The maximum Gasteiger partial charge on any atom is 0.417 e. The Morgan fingerprint density at radius 2 is 1.87 bits per heavy atom. The van der Waals surface area contributed by atoms with Crippen molar-refractivity contribution in [2.75, 3.05) is 5.33 Å². The van der Waals surface area contributed by atoms with Crippen molar-refractivity contribution in [1.29, 1.82) is 0 Å². The molecule has 1 aromatic rings. The van der Waals surface area contributed by atoms with Crippen molar-refractivity contribution in [2.45, 2.75) is 25.4 Å². The molecule has 0 saturated carbocycles. The summed E-state index contributed by atoms with van der Waals surface area (Å²) in [5, 5.41) is 0.651. The number of rotatable bonds is 2. The third kappa shape index (κ3) is 2.93. The quantitative estimate of drug-likeness (QED) is 0.752. The maximum absolute atomic E-state index is 12.2. The number of nitrogens with zero attached hydrogens (tertiary/aromatic N) is 1. The van der Waals surface area contributed by atoms with Crippen molar-refractivity contribution in [1.82, 2.24) is 4.98 Å². The maximum atomic E-state index is 12.2. The number of hydrogen-bond donors (Lipinski definition) is 0. The van der Waals surface area contributed by atoms with Gasteiger partial charge in [0.05, 0.1) is 5.56 Å². The van der Waals surface area contributed by atoms with Crippen LogP contribution in [0.25, 0.3) is 0 Å². The van der Waals surface area contributed by atoms with Crippen LogP contribution in [-0.4, -0.2) is 10.3 Å². The van der Waals surface area contributed by atoms with E-state index in [9.17, 15) is 13.2 Å². The van der Waals surface area contributed by atoms with Gasteiger partial charge in [0, 0.05) is 22.6 Å². The van der Waals surface area contributed by atoms with Gasteiger partial charge in [-0.15, -0.1) is 0 Å². The fraction of sp³-hybridized carbons (Fsp3) is 0.500. The second-order valence-corrected chi connectivity index (χ2v) is 4.51. The molecule has 0 atom stereocenters. The molecule has 0 aromatic carbocycles. The van der Waals surface area contributed by atoms with Gasteiger partial charge in [0.25, 0.3) is 0 Å². The van der Waals surface area contributed by atoms with Gasteiger partial charge in [0.15, 0.2) is 0 Å². The second kappa shape index (κ2) is 4.12. The van der Waals surface area contributed by atoms with E-state index in [1.54, 1.807) is 0 Å². The molecule has 1 aromatic heterocycles. The van der Waals surface area contributed by atoms with Gasteiger partial charge in [-0.3, -0.25) is 4.98 Å². The van der Waals surface area contributed by atoms with E-state index >= 15 is 0 Å². The van der Waals surface area contributed by atoms with Crippen LogP contribution in [0.1, 0.15) is 25.1 Å². The minimum absolute atomic E-state index is 0.260. The SMILES string of the molecule is CC(C)(CBr)c1ccc(C(F)(F)F)cn1. The van der Waals surface area contributed by atoms with Crippen LogP contribution < -0.4 is 0 Å². The van der Waals surface area contributed by atoms with Crippen molar-refractivity contribution in [3.8, 4) is 0 Å². The highest BCUT2D eigenvalue weighted by molar-refractivity contribution is 9.09. The highest BCUT2D eigenvalue weighted by Crippen LogP contribution is 2.30. The van der Waals surface area contributed by atoms with E-state index in [2.05, 4.69) is 20.9 Å². The predicted molar refractivity (Wildman–Crippen MR) is 56.1 cm³/mol. The number of hydrogen-bond acceptors (Lipinski definition) is 1. The average Bonchev–Trinajstić information content (AvgIpc) is 2.17. The zero-order valence-corrected chi connectivity index (χ0v) is 9.98. The molecular formula is C10H11BrF3N. The van der Waals surface area contributed by atoms with Crippen LogP contribution in [0.15, 0.2) is 18.3 Å². The Morgan fingerprint density at radius 3 is 2.20 bits per heavy atom. The van der Waals surface area contributed by atoms with Gasteiger partial charge in [-0.2, -0.15) is 13.2 Å². The van der Waals surface area contributed by atoms with Crippen molar-refractivity contribution < 1.29 is 13.2 Å². The van der Waals surface area contributed by atoms with Gasteiger partial charge < -0.3 is 0 Å². The zero-order chi connectivity index (χ0) is 11.7. The summed E-state index contributed by atoms with van der Waals surface area (Å²) in [6, 6.07) is 2.48. The molecule has 0 aliphatic heterocycles. The highest BCUT2D eigenvalue weighted by Gasteiger charge is 2.31. The summed E-state index contributed by atoms with van der Waals surface area (Å²) in [4.78, 5) is 3.84. The van der Waals surface area contributed by atoms with Crippen LogP contribution in [-0.2, 0) is 11.6 Å². The van der Waals surface area contributed by atoms with E-state index in [-0.39, 0.29) is 5.41 Å². The Balaban J connectivity index is 3.01. The molecular weight excluding hydrogens is 271 g/mol. The Labute approximate surface area is 94.8 Å². The van der Waals surface area contributed by atoms with E-state index in [1.165, 1.54) is 6.07 Å². The van der Waals surface area contributed by atoms with Gasteiger partial charge in [0.1, 0.15) is 0 Å². The lowest BCUT2D eigenvalue weighted by Gasteiger charge is -2.21. The Bertz CT molecular complexity index is 330. The minimum Gasteiger partial charge on any atom is -0.260 e. The molecule has 0 bridgehead atoms. The minimum atomic E-state index is -4.32. The van der Waals surface area contributed by atoms with E-state index in [0.717, 1.165) is 12.3 Å². The third-order valence-electron chi connectivity index (χ3n) is 2.12. The van der Waals surface area contributed by atoms with E-state index in [4.69, 9.17) is 0 Å². The molecule has 0 fully saturated rings. The molecule has 1 heterocycles. The van der Waals surface area contributed by atoms with E-state index in [1.807, 2.05) is 13.8 Å². The molecule has 0 unspecified atom stereocenters. The average molecular weight is 282 g/mol. The molecule has 0 aliphatic carbocycles. The van der Waals surface area contributed by atoms with E-state index in [0.29, 0.717) is 11.0 Å². The van der Waals surface area contributed by atoms with Crippen molar-refractivity contribution in [3.05, 3.63) is 29.6 Å². The van der Waals surface area contributed by atoms with Crippen LogP contribution in [0.3, 0.4) is 0 Å². The standard InChI is InChI=1S/C10H11BrF3N/c1-9(2,6-11)8-4-3-7(5-15-8)10(12,13)14/h3-5H,6H2,1-2H3. The van der Waals surface area contributed by atoms with Crippen LogP contribution in [0.5, 0.6) is 0 Å². The molecule has 1 rings (SSSR count). The van der Waals surface area contributed by atoms with Crippen molar-refractivity contribution in [2.24, 2.45) is 0 Å². The summed E-state index contributed by atoms with van der Waals surface area (Å²) in [5.41, 5.74) is -0.326. The first-order chi connectivity index (χ1) is 6.77. The van der Waals surface area contributed by atoms with E-state index < -0.39 is 11.7 Å². The Hall–Kier alpha value is -0.580. The third-order valence-corrected chi connectivity index (χ3v) is 3.52. The molecule has 1 nitrogen and oxygen atoms in total. The first-order valence-electron chi connectivity index (χ1n) is 4.37. The summed E-state index contributed by atoms with van der Waals surface area (Å²) in [5.74, 6) is 0. The van der Waals surface area contributed by atoms with Crippen molar-refractivity contribution in [3.63, 3.8) is 0 Å². The van der Waals surface area contributed by atoms with Gasteiger partial charge >= 0.3 is 6.18 Å². The van der Waals surface area contributed by atoms with Crippen LogP contribution in [0.2, 0.25) is 0 Å². The van der Waals surface area contributed by atoms with Crippen LogP contribution in [0, 0.1) is 0 Å². The molecule has 0 amide bonds. The molecule has 0 N–H and O–H groups in total. The zero-order valence-electron chi connectivity index (χ0n) is 8.40.